The fraction of sp³-hybridized carbons (Fsp3) is 0.267. The van der Waals surface area contributed by atoms with Crippen molar-refractivity contribution < 1.29 is 28.5 Å². The zero-order valence-electron chi connectivity index (χ0n) is 23.7. The SMILES string of the molecule is COc1cc(OC)cc(C(=O)NCc2nnc(SCC(=O)N3CCc4ccccc43)n2-c2cc(OC)ccc2OC)c1. The summed E-state index contributed by atoms with van der Waals surface area (Å²) in [6.07, 6.45) is 0.826. The highest BCUT2D eigenvalue weighted by atomic mass is 32.2. The molecular weight excluding hydrogens is 558 g/mol. The Morgan fingerprint density at radius 3 is 2.31 bits per heavy atom. The van der Waals surface area contributed by atoms with Gasteiger partial charge in [0.1, 0.15) is 23.0 Å². The lowest BCUT2D eigenvalue weighted by Gasteiger charge is -2.18. The van der Waals surface area contributed by atoms with Crippen molar-refractivity contribution in [3.8, 4) is 28.7 Å². The second kappa shape index (κ2) is 12.9. The molecule has 0 radical (unpaired) electrons. The van der Waals surface area contributed by atoms with Crippen molar-refractivity contribution >= 4 is 29.3 Å². The number of benzene rings is 3. The molecule has 2 amide bonds. The van der Waals surface area contributed by atoms with Crippen LogP contribution < -0.4 is 29.2 Å². The van der Waals surface area contributed by atoms with Gasteiger partial charge in [-0.05, 0) is 42.3 Å². The van der Waals surface area contributed by atoms with Gasteiger partial charge in [-0.2, -0.15) is 0 Å². The summed E-state index contributed by atoms with van der Waals surface area (Å²) >= 11 is 1.26. The number of ether oxygens (including phenoxy) is 4. The van der Waals surface area contributed by atoms with E-state index < -0.39 is 0 Å². The second-order valence-corrected chi connectivity index (χ2v) is 10.2. The average Bonchev–Trinajstić information content (AvgIpc) is 3.66. The van der Waals surface area contributed by atoms with Crippen LogP contribution in [0.3, 0.4) is 0 Å². The Bertz CT molecular complexity index is 1580. The molecule has 1 aliphatic heterocycles. The molecule has 4 aromatic rings. The van der Waals surface area contributed by atoms with Crippen LogP contribution in [-0.4, -0.2) is 67.3 Å². The van der Waals surface area contributed by atoms with Crippen LogP contribution in [0, 0.1) is 0 Å². The van der Waals surface area contributed by atoms with E-state index in [2.05, 4.69) is 15.5 Å². The number of hydrogen-bond donors (Lipinski definition) is 1. The third-order valence-electron chi connectivity index (χ3n) is 6.86. The molecular formula is C30H31N5O6S. The first-order valence-corrected chi connectivity index (χ1v) is 14.1. The van der Waals surface area contributed by atoms with Crippen LogP contribution in [0.4, 0.5) is 5.69 Å². The summed E-state index contributed by atoms with van der Waals surface area (Å²) in [4.78, 5) is 28.2. The number of amides is 2. The summed E-state index contributed by atoms with van der Waals surface area (Å²) < 4.78 is 23.5. The molecule has 1 aromatic heterocycles. The number of rotatable bonds is 11. The van der Waals surface area contributed by atoms with Crippen LogP contribution in [0.25, 0.3) is 5.69 Å². The smallest absolute Gasteiger partial charge is 0.251 e. The van der Waals surface area contributed by atoms with Gasteiger partial charge in [-0.25, -0.2) is 0 Å². The van der Waals surface area contributed by atoms with Gasteiger partial charge in [0.25, 0.3) is 5.91 Å². The molecule has 2 heterocycles. The predicted molar refractivity (Wildman–Crippen MR) is 158 cm³/mol. The highest BCUT2D eigenvalue weighted by Crippen LogP contribution is 2.33. The monoisotopic (exact) mass is 589 g/mol. The first kappa shape index (κ1) is 28.8. The van der Waals surface area contributed by atoms with Gasteiger partial charge in [0, 0.05) is 29.9 Å². The van der Waals surface area contributed by atoms with Crippen molar-refractivity contribution in [3.05, 3.63) is 77.6 Å². The molecule has 0 bridgehead atoms. The Kier molecular flexibility index (Phi) is 8.82. The average molecular weight is 590 g/mol. The first-order valence-electron chi connectivity index (χ1n) is 13.1. The molecule has 1 N–H and O–H groups in total. The third-order valence-corrected chi connectivity index (χ3v) is 7.77. The lowest BCUT2D eigenvalue weighted by atomic mass is 10.2. The number of anilines is 1. The Morgan fingerprint density at radius 2 is 1.60 bits per heavy atom. The number of nitrogens with one attached hydrogen (secondary N) is 1. The zero-order valence-corrected chi connectivity index (χ0v) is 24.6. The first-order chi connectivity index (χ1) is 20.4. The van der Waals surface area contributed by atoms with Crippen LogP contribution in [0.5, 0.6) is 23.0 Å². The van der Waals surface area contributed by atoms with Crippen LogP contribution in [-0.2, 0) is 17.8 Å². The summed E-state index contributed by atoms with van der Waals surface area (Å²) in [6.45, 7) is 0.682. The summed E-state index contributed by atoms with van der Waals surface area (Å²) in [5, 5.41) is 12.1. The fourth-order valence-corrected chi connectivity index (χ4v) is 5.56. The van der Waals surface area contributed by atoms with Gasteiger partial charge in [-0.1, -0.05) is 30.0 Å². The van der Waals surface area contributed by atoms with Crippen molar-refractivity contribution in [1.29, 1.82) is 0 Å². The number of aromatic nitrogens is 3. The highest BCUT2D eigenvalue weighted by Gasteiger charge is 2.26. The quantitative estimate of drug-likeness (QED) is 0.260. The minimum absolute atomic E-state index is 0.0288. The number of hydrogen-bond acceptors (Lipinski definition) is 9. The van der Waals surface area contributed by atoms with E-state index in [0.29, 0.717) is 51.8 Å². The maximum absolute atomic E-state index is 13.3. The number of carbonyl (C=O) groups is 2. The summed E-state index contributed by atoms with van der Waals surface area (Å²) in [7, 11) is 6.18. The predicted octanol–water partition coefficient (Wildman–Crippen LogP) is 3.91. The maximum atomic E-state index is 13.3. The van der Waals surface area contributed by atoms with Gasteiger partial charge in [0.05, 0.1) is 46.4 Å². The van der Waals surface area contributed by atoms with E-state index >= 15 is 0 Å². The molecule has 0 fully saturated rings. The van der Waals surface area contributed by atoms with Gasteiger partial charge >= 0.3 is 0 Å². The Balaban J connectivity index is 1.42. The zero-order chi connectivity index (χ0) is 29.6. The molecule has 12 heteroatoms. The molecule has 0 saturated carbocycles. The second-order valence-electron chi connectivity index (χ2n) is 9.27. The van der Waals surface area contributed by atoms with Crippen molar-refractivity contribution in [3.63, 3.8) is 0 Å². The lowest BCUT2D eigenvalue weighted by Crippen LogP contribution is -2.30. The van der Waals surface area contributed by atoms with Crippen LogP contribution >= 0.6 is 11.8 Å². The number of fused-ring (bicyclic) bond motifs is 1. The van der Waals surface area contributed by atoms with E-state index in [1.165, 1.54) is 26.0 Å². The number of thioether (sulfide) groups is 1. The van der Waals surface area contributed by atoms with E-state index in [-0.39, 0.29) is 24.1 Å². The van der Waals surface area contributed by atoms with Crippen LogP contribution in [0.1, 0.15) is 21.7 Å². The van der Waals surface area contributed by atoms with Crippen molar-refractivity contribution in [2.24, 2.45) is 0 Å². The minimum atomic E-state index is -0.351. The Morgan fingerprint density at radius 1 is 0.857 bits per heavy atom. The number of para-hydroxylation sites is 1. The molecule has 0 spiro atoms. The molecule has 0 atom stereocenters. The highest BCUT2D eigenvalue weighted by molar-refractivity contribution is 7.99. The van der Waals surface area contributed by atoms with Crippen molar-refractivity contribution in [1.82, 2.24) is 20.1 Å². The lowest BCUT2D eigenvalue weighted by molar-refractivity contribution is -0.116. The fourth-order valence-electron chi connectivity index (χ4n) is 4.72. The van der Waals surface area contributed by atoms with Crippen LogP contribution in [0.15, 0.2) is 65.8 Å². The molecule has 3 aromatic carbocycles. The molecule has 0 unspecified atom stereocenters. The molecule has 5 rings (SSSR count). The molecule has 218 valence electrons. The van der Waals surface area contributed by atoms with Gasteiger partial charge in [-0.15, -0.1) is 10.2 Å². The normalized spacial score (nSPS) is 12.0. The number of nitrogens with zero attached hydrogens (tertiary/aromatic N) is 4. The van der Waals surface area contributed by atoms with Gasteiger partial charge in [0.2, 0.25) is 5.91 Å². The molecule has 1 aliphatic rings. The van der Waals surface area contributed by atoms with Crippen molar-refractivity contribution in [2.45, 2.75) is 18.1 Å². The van der Waals surface area contributed by atoms with E-state index in [4.69, 9.17) is 18.9 Å². The van der Waals surface area contributed by atoms with E-state index in [1.54, 1.807) is 60.1 Å². The van der Waals surface area contributed by atoms with Gasteiger partial charge in [0.15, 0.2) is 11.0 Å². The largest absolute Gasteiger partial charge is 0.497 e. The van der Waals surface area contributed by atoms with E-state index in [9.17, 15) is 9.59 Å². The molecule has 42 heavy (non-hydrogen) atoms. The Labute approximate surface area is 247 Å². The maximum Gasteiger partial charge on any atom is 0.251 e. The summed E-state index contributed by atoms with van der Waals surface area (Å²) in [5.41, 5.74) is 3.07. The summed E-state index contributed by atoms with van der Waals surface area (Å²) in [6, 6.07) is 18.2. The van der Waals surface area contributed by atoms with Gasteiger partial charge < -0.3 is 29.2 Å². The van der Waals surface area contributed by atoms with Gasteiger partial charge in [-0.3, -0.25) is 14.2 Å². The third kappa shape index (κ3) is 5.98. The number of methoxy groups -OCH3 is 4. The minimum Gasteiger partial charge on any atom is -0.497 e. The van der Waals surface area contributed by atoms with E-state index in [1.807, 2.05) is 24.3 Å². The summed E-state index contributed by atoms with van der Waals surface area (Å²) in [5.74, 6) is 2.33. The Hall–Kier alpha value is -4.71. The van der Waals surface area contributed by atoms with Crippen LogP contribution in [0.2, 0.25) is 0 Å². The molecule has 11 nitrogen and oxygen atoms in total. The molecule has 0 saturated heterocycles. The topological polar surface area (TPSA) is 117 Å². The standard InChI is InChI=1S/C30H31N5O6S/c1-38-21-9-10-26(41-4)25(16-21)35-27(17-31-29(37)20-13-22(39-2)15-23(14-20)40-3)32-33-30(35)42-18-28(36)34-12-11-19-7-5-6-8-24(19)34/h5-10,13-16H,11-12,17-18H2,1-4H3,(H,31,37). The number of carbonyl (C=O) groups excluding carboxylic acids is 2. The molecule has 0 aliphatic carbocycles. The van der Waals surface area contributed by atoms with E-state index in [0.717, 1.165) is 17.7 Å². The van der Waals surface area contributed by atoms with Crippen molar-refractivity contribution in [2.75, 3.05) is 45.6 Å².